The van der Waals surface area contributed by atoms with Crippen LogP contribution in [0.4, 0.5) is 4.39 Å². The van der Waals surface area contributed by atoms with Crippen molar-refractivity contribution in [3.05, 3.63) is 29.6 Å². The second kappa shape index (κ2) is 6.15. The van der Waals surface area contributed by atoms with Crippen LogP contribution in [0.25, 0.3) is 0 Å². The van der Waals surface area contributed by atoms with E-state index < -0.39 is 15.8 Å². The maximum Gasteiger partial charge on any atom is 0.243 e. The lowest BCUT2D eigenvalue weighted by molar-refractivity contribution is 0.553. The van der Waals surface area contributed by atoms with Crippen LogP contribution < -0.4 is 10.5 Å². The molecule has 1 aromatic carbocycles. The summed E-state index contributed by atoms with van der Waals surface area (Å²) in [5.41, 5.74) is 5.46. The molecule has 0 aromatic heterocycles. The highest BCUT2D eigenvalue weighted by Crippen LogP contribution is 2.16. The summed E-state index contributed by atoms with van der Waals surface area (Å²) in [5.74, 6) is -0.720. The number of hydrogen-bond acceptors (Lipinski definition) is 3. The van der Waals surface area contributed by atoms with Crippen molar-refractivity contribution in [2.45, 2.75) is 11.8 Å². The highest BCUT2D eigenvalue weighted by Gasteiger charge is 2.18. The first-order valence-corrected chi connectivity index (χ1v) is 5.92. The van der Waals surface area contributed by atoms with Crippen LogP contribution in [0.1, 0.15) is 5.56 Å². The number of sulfonamides is 1. The minimum absolute atomic E-state index is 0. The van der Waals surface area contributed by atoms with Crippen molar-refractivity contribution >= 4 is 22.4 Å². The number of halogens is 2. The fourth-order valence-corrected chi connectivity index (χ4v) is 2.30. The van der Waals surface area contributed by atoms with Crippen LogP contribution in [0.15, 0.2) is 23.1 Å². The SMILES string of the molecule is Cc1cccc(S(=O)(=O)NCCN)c1F.Cl. The number of rotatable bonds is 4. The van der Waals surface area contributed by atoms with E-state index in [0.29, 0.717) is 5.56 Å². The van der Waals surface area contributed by atoms with E-state index in [2.05, 4.69) is 4.72 Å². The van der Waals surface area contributed by atoms with Gasteiger partial charge in [-0.05, 0) is 18.6 Å². The first-order valence-electron chi connectivity index (χ1n) is 4.44. The zero-order valence-corrected chi connectivity index (χ0v) is 10.4. The summed E-state index contributed by atoms with van der Waals surface area (Å²) in [6, 6.07) is 4.23. The van der Waals surface area contributed by atoms with Crippen molar-refractivity contribution in [1.82, 2.24) is 4.72 Å². The predicted molar refractivity (Wildman–Crippen MR) is 62.6 cm³/mol. The molecule has 1 rings (SSSR count). The molecule has 0 amide bonds. The third-order valence-corrected chi connectivity index (χ3v) is 3.36. The quantitative estimate of drug-likeness (QED) is 0.848. The van der Waals surface area contributed by atoms with Crippen molar-refractivity contribution in [3.63, 3.8) is 0 Å². The van der Waals surface area contributed by atoms with Gasteiger partial charge in [-0.15, -0.1) is 12.4 Å². The maximum atomic E-state index is 13.5. The van der Waals surface area contributed by atoms with Gasteiger partial charge in [0.05, 0.1) is 0 Å². The molecule has 1 aromatic rings. The number of nitrogens with two attached hydrogens (primary N) is 1. The van der Waals surface area contributed by atoms with E-state index in [9.17, 15) is 12.8 Å². The third-order valence-electron chi connectivity index (χ3n) is 1.88. The average molecular weight is 269 g/mol. The van der Waals surface area contributed by atoms with Crippen molar-refractivity contribution in [2.24, 2.45) is 5.73 Å². The van der Waals surface area contributed by atoms with E-state index in [0.717, 1.165) is 0 Å². The molecule has 3 N–H and O–H groups in total. The van der Waals surface area contributed by atoms with Gasteiger partial charge < -0.3 is 5.73 Å². The molecule has 0 heterocycles. The fraction of sp³-hybridized carbons (Fsp3) is 0.333. The summed E-state index contributed by atoms with van der Waals surface area (Å²) in [6.07, 6.45) is 0. The minimum Gasteiger partial charge on any atom is -0.329 e. The summed E-state index contributed by atoms with van der Waals surface area (Å²) < 4.78 is 38.8. The van der Waals surface area contributed by atoms with Crippen molar-refractivity contribution in [1.29, 1.82) is 0 Å². The van der Waals surface area contributed by atoms with Crippen LogP contribution >= 0.6 is 12.4 Å². The second-order valence-corrected chi connectivity index (χ2v) is 4.81. The van der Waals surface area contributed by atoms with Gasteiger partial charge in [0.15, 0.2) is 0 Å². The molecule has 92 valence electrons. The predicted octanol–water partition coefficient (Wildman–Crippen LogP) is 0.793. The number of aryl methyl sites for hydroxylation is 1. The smallest absolute Gasteiger partial charge is 0.243 e. The first kappa shape index (κ1) is 15.3. The van der Waals surface area contributed by atoms with Gasteiger partial charge >= 0.3 is 0 Å². The van der Waals surface area contributed by atoms with E-state index in [1.165, 1.54) is 25.1 Å². The van der Waals surface area contributed by atoms with Crippen molar-refractivity contribution in [2.75, 3.05) is 13.1 Å². The van der Waals surface area contributed by atoms with Crippen LogP contribution in [0, 0.1) is 12.7 Å². The molecule has 0 atom stereocenters. The van der Waals surface area contributed by atoms with Crippen LogP contribution in [0.5, 0.6) is 0 Å². The summed E-state index contributed by atoms with van der Waals surface area (Å²) in [6.45, 7) is 1.78. The molecule has 16 heavy (non-hydrogen) atoms. The van der Waals surface area contributed by atoms with E-state index in [1.54, 1.807) is 0 Å². The van der Waals surface area contributed by atoms with Gasteiger partial charge in [-0.2, -0.15) is 0 Å². The Labute approximate surface area is 100 Å². The van der Waals surface area contributed by atoms with Crippen LogP contribution in [0.3, 0.4) is 0 Å². The molecule has 0 radical (unpaired) electrons. The first-order chi connectivity index (χ1) is 6.99. The third kappa shape index (κ3) is 3.41. The largest absolute Gasteiger partial charge is 0.329 e. The van der Waals surface area contributed by atoms with Gasteiger partial charge in [0, 0.05) is 13.1 Å². The Kier molecular flexibility index (Phi) is 5.88. The summed E-state index contributed by atoms with van der Waals surface area (Å²) >= 11 is 0. The second-order valence-electron chi connectivity index (χ2n) is 3.07. The highest BCUT2D eigenvalue weighted by atomic mass is 35.5. The van der Waals surface area contributed by atoms with E-state index in [1.807, 2.05) is 0 Å². The Bertz CT molecular complexity index is 451. The lowest BCUT2D eigenvalue weighted by Crippen LogP contribution is -2.29. The summed E-state index contributed by atoms with van der Waals surface area (Å²) in [7, 11) is -3.78. The highest BCUT2D eigenvalue weighted by molar-refractivity contribution is 7.89. The molecule has 0 aliphatic heterocycles. The topological polar surface area (TPSA) is 72.2 Å². The number of hydrogen-bond donors (Lipinski definition) is 2. The lowest BCUT2D eigenvalue weighted by atomic mass is 10.2. The molecular weight excluding hydrogens is 255 g/mol. The lowest BCUT2D eigenvalue weighted by Gasteiger charge is -2.07. The number of benzene rings is 1. The Morgan fingerprint density at radius 3 is 2.62 bits per heavy atom. The van der Waals surface area contributed by atoms with E-state index >= 15 is 0 Å². The van der Waals surface area contributed by atoms with Crippen LogP contribution in [-0.2, 0) is 10.0 Å². The van der Waals surface area contributed by atoms with Crippen molar-refractivity contribution < 1.29 is 12.8 Å². The Balaban J connectivity index is 0.00000225. The molecule has 0 spiro atoms. The van der Waals surface area contributed by atoms with Gasteiger partial charge in [0.25, 0.3) is 0 Å². The minimum atomic E-state index is -3.78. The molecule has 0 saturated heterocycles. The van der Waals surface area contributed by atoms with Gasteiger partial charge in [-0.3, -0.25) is 0 Å². The molecule has 0 aliphatic rings. The van der Waals surface area contributed by atoms with Gasteiger partial charge in [0.1, 0.15) is 10.7 Å². The zero-order chi connectivity index (χ0) is 11.5. The van der Waals surface area contributed by atoms with E-state index in [4.69, 9.17) is 5.73 Å². The molecule has 0 aliphatic carbocycles. The molecular formula is C9H14ClFN2O2S. The Hall–Kier alpha value is -0.690. The monoisotopic (exact) mass is 268 g/mol. The zero-order valence-electron chi connectivity index (χ0n) is 8.73. The van der Waals surface area contributed by atoms with Crippen LogP contribution in [0.2, 0.25) is 0 Å². The molecule has 0 unspecified atom stereocenters. The standard InChI is InChI=1S/C9H13FN2O2S.ClH/c1-7-3-2-4-8(9(7)10)15(13,14)12-6-5-11;/h2-4,12H,5-6,11H2,1H3;1H. The number of nitrogens with one attached hydrogen (secondary N) is 1. The normalized spacial score (nSPS) is 10.9. The molecule has 0 bridgehead atoms. The molecule has 0 saturated carbocycles. The van der Waals surface area contributed by atoms with E-state index in [-0.39, 0.29) is 30.4 Å². The fourth-order valence-electron chi connectivity index (χ4n) is 1.10. The Morgan fingerprint density at radius 2 is 2.06 bits per heavy atom. The van der Waals surface area contributed by atoms with Gasteiger partial charge in [0.2, 0.25) is 10.0 Å². The molecule has 0 fully saturated rings. The maximum absolute atomic E-state index is 13.5. The summed E-state index contributed by atoms with van der Waals surface area (Å²) in [5, 5.41) is 0. The average Bonchev–Trinajstić information content (AvgIpc) is 2.19. The van der Waals surface area contributed by atoms with Crippen molar-refractivity contribution in [3.8, 4) is 0 Å². The van der Waals surface area contributed by atoms with Gasteiger partial charge in [-0.25, -0.2) is 17.5 Å². The molecule has 7 heteroatoms. The summed E-state index contributed by atoms with van der Waals surface area (Å²) in [4.78, 5) is -0.337. The van der Waals surface area contributed by atoms with Crippen LogP contribution in [-0.4, -0.2) is 21.5 Å². The van der Waals surface area contributed by atoms with Gasteiger partial charge in [-0.1, -0.05) is 12.1 Å². The molecule has 4 nitrogen and oxygen atoms in total. The Morgan fingerprint density at radius 1 is 1.44 bits per heavy atom.